The Hall–Kier alpha value is -1.56. The van der Waals surface area contributed by atoms with Crippen LogP contribution >= 0.6 is 0 Å². The molecule has 17 heavy (non-hydrogen) atoms. The van der Waals surface area contributed by atoms with Crippen LogP contribution < -0.4 is 5.32 Å². The van der Waals surface area contributed by atoms with Crippen LogP contribution in [0.1, 0.15) is 5.56 Å². The molecule has 0 unspecified atom stereocenters. The van der Waals surface area contributed by atoms with Crippen molar-refractivity contribution in [2.45, 2.75) is 11.4 Å². The molecule has 1 rings (SSSR count). The third-order valence-electron chi connectivity index (χ3n) is 2.20. The predicted molar refractivity (Wildman–Crippen MR) is 65.5 cm³/mol. The lowest BCUT2D eigenvalue weighted by Crippen LogP contribution is -2.33. The Kier molecular flexibility index (Phi) is 4.11. The van der Waals surface area contributed by atoms with Gasteiger partial charge in [-0.05, 0) is 17.7 Å². The zero-order valence-electron chi connectivity index (χ0n) is 10.1. The first-order valence-electron chi connectivity index (χ1n) is 5.05. The van der Waals surface area contributed by atoms with Crippen molar-refractivity contribution in [3.63, 3.8) is 0 Å². The Morgan fingerprint density at radius 3 is 2.18 bits per heavy atom. The summed E-state index contributed by atoms with van der Waals surface area (Å²) in [6.07, 6.45) is 1.16. The van der Waals surface area contributed by atoms with Gasteiger partial charge in [-0.1, -0.05) is 12.1 Å². The van der Waals surface area contributed by atoms with Gasteiger partial charge in [-0.2, -0.15) is 0 Å². The van der Waals surface area contributed by atoms with Crippen LogP contribution in [0.3, 0.4) is 0 Å². The molecule has 0 bridgehead atoms. The van der Waals surface area contributed by atoms with Gasteiger partial charge in [0.05, 0.1) is 4.90 Å². The fraction of sp³-hybridized carbons (Fsp3) is 0.364. The van der Waals surface area contributed by atoms with Crippen molar-refractivity contribution in [3.8, 4) is 0 Å². The molecule has 0 saturated heterocycles. The maximum Gasteiger partial charge on any atom is 0.317 e. The van der Waals surface area contributed by atoms with Crippen LogP contribution in [0.4, 0.5) is 4.79 Å². The van der Waals surface area contributed by atoms with E-state index in [-0.39, 0.29) is 10.9 Å². The zero-order chi connectivity index (χ0) is 13.1. The minimum Gasteiger partial charge on any atom is -0.334 e. The summed E-state index contributed by atoms with van der Waals surface area (Å²) >= 11 is 0. The largest absolute Gasteiger partial charge is 0.334 e. The molecular formula is C11H16N2O3S. The van der Waals surface area contributed by atoms with E-state index in [2.05, 4.69) is 5.32 Å². The van der Waals surface area contributed by atoms with Crippen molar-refractivity contribution in [3.05, 3.63) is 29.8 Å². The fourth-order valence-electron chi connectivity index (χ4n) is 1.19. The molecule has 0 aliphatic heterocycles. The van der Waals surface area contributed by atoms with Crippen LogP contribution in [0.5, 0.6) is 0 Å². The highest BCUT2D eigenvalue weighted by Gasteiger charge is 2.07. The summed E-state index contributed by atoms with van der Waals surface area (Å²) in [5.41, 5.74) is 0.854. The van der Waals surface area contributed by atoms with Crippen molar-refractivity contribution in [1.29, 1.82) is 0 Å². The molecule has 0 saturated carbocycles. The van der Waals surface area contributed by atoms with Gasteiger partial charge in [-0.15, -0.1) is 0 Å². The summed E-state index contributed by atoms with van der Waals surface area (Å²) in [5, 5.41) is 2.69. The molecule has 94 valence electrons. The number of carbonyl (C=O) groups excluding carboxylic acids is 1. The predicted octanol–water partition coefficient (Wildman–Crippen LogP) is 0.861. The van der Waals surface area contributed by atoms with Crippen LogP contribution in [0, 0.1) is 0 Å². The number of nitrogens with zero attached hydrogens (tertiary/aromatic N) is 1. The van der Waals surface area contributed by atoms with Crippen LogP contribution in [-0.2, 0) is 16.4 Å². The van der Waals surface area contributed by atoms with Crippen LogP contribution in [0.15, 0.2) is 29.2 Å². The fourth-order valence-corrected chi connectivity index (χ4v) is 1.82. The lowest BCUT2D eigenvalue weighted by Gasteiger charge is -2.11. The van der Waals surface area contributed by atoms with E-state index >= 15 is 0 Å². The molecule has 1 aromatic rings. The second kappa shape index (κ2) is 5.18. The Bertz CT molecular complexity index is 492. The standard InChI is InChI=1S/C11H16N2O3S/c1-13(2)11(14)12-8-9-4-6-10(7-5-9)17(3,15)16/h4-7H,8H2,1-3H3,(H,12,14). The van der Waals surface area contributed by atoms with Gasteiger partial charge in [-0.3, -0.25) is 0 Å². The van der Waals surface area contributed by atoms with E-state index in [0.717, 1.165) is 11.8 Å². The van der Waals surface area contributed by atoms with Gasteiger partial charge in [0.15, 0.2) is 9.84 Å². The van der Waals surface area contributed by atoms with Gasteiger partial charge in [0.25, 0.3) is 0 Å². The molecule has 0 aromatic heterocycles. The van der Waals surface area contributed by atoms with Crippen LogP contribution in [-0.4, -0.2) is 39.7 Å². The molecule has 6 heteroatoms. The van der Waals surface area contributed by atoms with Crippen molar-refractivity contribution < 1.29 is 13.2 Å². The summed E-state index contributed by atoms with van der Waals surface area (Å²) < 4.78 is 22.4. The van der Waals surface area contributed by atoms with Gasteiger partial charge < -0.3 is 10.2 Å². The van der Waals surface area contributed by atoms with Gasteiger partial charge in [0, 0.05) is 26.9 Å². The van der Waals surface area contributed by atoms with Crippen molar-refractivity contribution in [2.24, 2.45) is 0 Å². The SMILES string of the molecule is CN(C)C(=O)NCc1ccc(S(C)(=O)=O)cc1. The van der Waals surface area contributed by atoms with Crippen molar-refractivity contribution >= 4 is 15.9 Å². The van der Waals surface area contributed by atoms with E-state index in [1.54, 1.807) is 26.2 Å². The van der Waals surface area contributed by atoms with Gasteiger partial charge in [0.2, 0.25) is 0 Å². The average molecular weight is 256 g/mol. The number of hydrogen-bond donors (Lipinski definition) is 1. The summed E-state index contributed by atoms with van der Waals surface area (Å²) in [7, 11) is 0.150. The molecule has 1 N–H and O–H groups in total. The summed E-state index contributed by atoms with van der Waals surface area (Å²) in [5.74, 6) is 0. The third-order valence-corrected chi connectivity index (χ3v) is 3.33. The highest BCUT2D eigenvalue weighted by atomic mass is 32.2. The molecule has 5 nitrogen and oxygen atoms in total. The van der Waals surface area contributed by atoms with Crippen molar-refractivity contribution in [1.82, 2.24) is 10.2 Å². The van der Waals surface area contributed by atoms with Gasteiger partial charge in [0.1, 0.15) is 0 Å². The van der Waals surface area contributed by atoms with E-state index in [1.165, 1.54) is 17.0 Å². The summed E-state index contributed by atoms with van der Waals surface area (Å²) in [6.45, 7) is 0.376. The molecule has 0 atom stereocenters. The van der Waals surface area contributed by atoms with E-state index in [0.29, 0.717) is 6.54 Å². The number of rotatable bonds is 3. The minimum absolute atomic E-state index is 0.183. The molecule has 0 spiro atoms. The lowest BCUT2D eigenvalue weighted by molar-refractivity contribution is 0.217. The average Bonchev–Trinajstić information content (AvgIpc) is 2.25. The maximum absolute atomic E-state index is 11.3. The Morgan fingerprint density at radius 1 is 1.24 bits per heavy atom. The first-order chi connectivity index (χ1) is 7.80. The van der Waals surface area contributed by atoms with Crippen molar-refractivity contribution in [2.75, 3.05) is 20.4 Å². The van der Waals surface area contributed by atoms with E-state index in [4.69, 9.17) is 0 Å². The molecule has 0 aliphatic carbocycles. The number of nitrogens with one attached hydrogen (secondary N) is 1. The topological polar surface area (TPSA) is 66.5 Å². The quantitative estimate of drug-likeness (QED) is 0.872. The highest BCUT2D eigenvalue weighted by molar-refractivity contribution is 7.90. The van der Waals surface area contributed by atoms with E-state index in [1.807, 2.05) is 0 Å². The summed E-state index contributed by atoms with van der Waals surface area (Å²) in [6, 6.07) is 6.26. The molecule has 0 aliphatic rings. The van der Waals surface area contributed by atoms with Gasteiger partial charge in [-0.25, -0.2) is 13.2 Å². The minimum atomic E-state index is -3.16. The lowest BCUT2D eigenvalue weighted by atomic mass is 10.2. The molecular weight excluding hydrogens is 240 g/mol. The second-order valence-electron chi connectivity index (χ2n) is 3.97. The Morgan fingerprint density at radius 2 is 1.76 bits per heavy atom. The number of carbonyl (C=O) groups is 1. The Balaban J connectivity index is 2.67. The van der Waals surface area contributed by atoms with Crippen LogP contribution in [0.25, 0.3) is 0 Å². The molecule has 2 amide bonds. The Labute approximate surface area is 101 Å². The molecule has 0 radical (unpaired) electrons. The zero-order valence-corrected chi connectivity index (χ0v) is 10.9. The first kappa shape index (κ1) is 13.5. The van der Waals surface area contributed by atoms with E-state index < -0.39 is 9.84 Å². The second-order valence-corrected chi connectivity index (χ2v) is 5.98. The monoisotopic (exact) mass is 256 g/mol. The number of urea groups is 1. The summed E-state index contributed by atoms with van der Waals surface area (Å²) in [4.78, 5) is 13.0. The van der Waals surface area contributed by atoms with Crippen LogP contribution in [0.2, 0.25) is 0 Å². The number of amides is 2. The molecule has 0 heterocycles. The number of sulfone groups is 1. The third kappa shape index (κ3) is 4.07. The molecule has 0 fully saturated rings. The molecule has 1 aromatic carbocycles. The normalized spacial score (nSPS) is 11.0. The number of benzene rings is 1. The highest BCUT2D eigenvalue weighted by Crippen LogP contribution is 2.10. The smallest absolute Gasteiger partial charge is 0.317 e. The van der Waals surface area contributed by atoms with Gasteiger partial charge >= 0.3 is 6.03 Å². The first-order valence-corrected chi connectivity index (χ1v) is 6.94. The van der Waals surface area contributed by atoms with E-state index in [9.17, 15) is 13.2 Å². The maximum atomic E-state index is 11.3. The number of hydrogen-bond acceptors (Lipinski definition) is 3.